The second kappa shape index (κ2) is 4.25. The molecule has 1 fully saturated rings. The van der Waals surface area contributed by atoms with Gasteiger partial charge in [-0.05, 0) is 30.9 Å². The maximum absolute atomic E-state index is 11.0. The molecule has 3 rings (SSSR count). The summed E-state index contributed by atoms with van der Waals surface area (Å²) >= 11 is 0. The van der Waals surface area contributed by atoms with Crippen LogP contribution >= 0.6 is 0 Å². The largest absolute Gasteiger partial charge is 0.384 e. The molecule has 0 atom stereocenters. The molecule has 1 heterocycles. The first-order chi connectivity index (χ1) is 8.75. The first-order valence-electron chi connectivity index (χ1n) is 6.00. The van der Waals surface area contributed by atoms with Gasteiger partial charge >= 0.3 is 0 Å². The van der Waals surface area contributed by atoms with Gasteiger partial charge in [0.05, 0.1) is 10.3 Å². The van der Waals surface area contributed by atoms with Crippen molar-refractivity contribution in [1.29, 1.82) is 0 Å². The molecule has 1 N–H and O–H groups in total. The van der Waals surface area contributed by atoms with E-state index < -0.39 is 0 Å². The Hall–Kier alpha value is -2.17. The highest BCUT2D eigenvalue weighted by atomic mass is 16.6. The monoisotopic (exact) mass is 243 g/mol. The predicted octanol–water partition coefficient (Wildman–Crippen LogP) is 2.96. The Labute approximate surface area is 104 Å². The number of benzene rings is 1. The highest BCUT2D eigenvalue weighted by molar-refractivity contribution is 5.99. The van der Waals surface area contributed by atoms with Gasteiger partial charge in [0.1, 0.15) is 0 Å². The highest BCUT2D eigenvalue weighted by Gasteiger charge is 2.21. The van der Waals surface area contributed by atoms with E-state index in [1.165, 1.54) is 12.8 Å². The van der Waals surface area contributed by atoms with Gasteiger partial charge in [-0.1, -0.05) is 0 Å². The van der Waals surface area contributed by atoms with Crippen molar-refractivity contribution in [3.63, 3.8) is 0 Å². The lowest BCUT2D eigenvalue weighted by Crippen LogP contribution is -2.04. The van der Waals surface area contributed by atoms with Crippen LogP contribution in [0.2, 0.25) is 0 Å². The third-order valence-electron chi connectivity index (χ3n) is 3.27. The Kier molecular flexibility index (Phi) is 2.59. The lowest BCUT2D eigenvalue weighted by Gasteiger charge is -2.09. The topological polar surface area (TPSA) is 68.1 Å². The van der Waals surface area contributed by atoms with Crippen LogP contribution in [0.15, 0.2) is 30.6 Å². The summed E-state index contributed by atoms with van der Waals surface area (Å²) in [5.41, 5.74) is 1.06. The Morgan fingerprint density at radius 2 is 2.17 bits per heavy atom. The van der Waals surface area contributed by atoms with E-state index >= 15 is 0 Å². The normalized spacial score (nSPS) is 14.7. The Morgan fingerprint density at radius 1 is 1.33 bits per heavy atom. The molecular weight excluding hydrogens is 230 g/mol. The van der Waals surface area contributed by atoms with Crippen LogP contribution in [0.4, 0.5) is 11.4 Å². The van der Waals surface area contributed by atoms with Crippen LogP contribution in [0.1, 0.15) is 12.8 Å². The predicted molar refractivity (Wildman–Crippen MR) is 69.6 cm³/mol. The summed E-state index contributed by atoms with van der Waals surface area (Å²) in [6, 6.07) is 5.01. The molecule has 1 aliphatic carbocycles. The Balaban J connectivity index is 2.04. The van der Waals surface area contributed by atoms with Gasteiger partial charge in [-0.15, -0.1) is 0 Å². The summed E-state index contributed by atoms with van der Waals surface area (Å²) in [6.07, 6.45) is 5.81. The molecule has 1 aromatic carbocycles. The van der Waals surface area contributed by atoms with Gasteiger partial charge in [-0.3, -0.25) is 15.1 Å². The number of hydrogen-bond donors (Lipinski definition) is 1. The molecule has 0 spiro atoms. The lowest BCUT2D eigenvalue weighted by molar-refractivity contribution is -0.383. The van der Waals surface area contributed by atoms with E-state index in [1.54, 1.807) is 30.6 Å². The van der Waals surface area contributed by atoms with Gasteiger partial charge in [0.25, 0.3) is 5.69 Å². The highest BCUT2D eigenvalue weighted by Crippen LogP contribution is 2.33. The van der Waals surface area contributed by atoms with Crippen molar-refractivity contribution < 1.29 is 4.92 Å². The summed E-state index contributed by atoms with van der Waals surface area (Å²) in [5.74, 6) is 0.756. The van der Waals surface area contributed by atoms with E-state index in [9.17, 15) is 10.1 Å². The molecule has 0 bridgehead atoms. The summed E-state index contributed by atoms with van der Waals surface area (Å²) in [6.45, 7) is 0.932. The molecule has 5 heteroatoms. The van der Waals surface area contributed by atoms with Gasteiger partial charge in [0.2, 0.25) is 0 Å². The zero-order chi connectivity index (χ0) is 12.5. The van der Waals surface area contributed by atoms with Crippen LogP contribution in [0.5, 0.6) is 0 Å². The molecule has 92 valence electrons. The third kappa shape index (κ3) is 1.99. The smallest absolute Gasteiger partial charge is 0.277 e. The van der Waals surface area contributed by atoms with Crippen molar-refractivity contribution >= 4 is 22.1 Å². The van der Waals surface area contributed by atoms with Crippen LogP contribution < -0.4 is 5.32 Å². The minimum atomic E-state index is -0.354. The molecule has 2 aromatic rings. The molecule has 0 radical (unpaired) electrons. The van der Waals surface area contributed by atoms with Gasteiger partial charge in [-0.2, -0.15) is 0 Å². The minimum Gasteiger partial charge on any atom is -0.384 e. The standard InChI is InChI=1S/C13H13N3O2/c17-16(18)13-4-3-12(15-7-9-1-2-9)11-8-14-6-5-10(11)13/h3-6,8-9,15H,1-2,7H2. The molecule has 1 saturated carbocycles. The van der Waals surface area contributed by atoms with Gasteiger partial charge < -0.3 is 5.32 Å². The Morgan fingerprint density at radius 3 is 2.89 bits per heavy atom. The first-order valence-corrected chi connectivity index (χ1v) is 6.00. The summed E-state index contributed by atoms with van der Waals surface area (Å²) in [5, 5.41) is 15.8. The van der Waals surface area contributed by atoms with E-state index in [-0.39, 0.29) is 10.6 Å². The van der Waals surface area contributed by atoms with Gasteiger partial charge in [0.15, 0.2) is 0 Å². The van der Waals surface area contributed by atoms with E-state index in [1.807, 2.05) is 0 Å². The molecule has 1 aromatic heterocycles. The Bertz CT molecular complexity index is 608. The molecule has 0 amide bonds. The number of aromatic nitrogens is 1. The van der Waals surface area contributed by atoms with E-state index in [4.69, 9.17) is 0 Å². The second-order valence-corrected chi connectivity index (χ2v) is 4.63. The van der Waals surface area contributed by atoms with E-state index in [2.05, 4.69) is 10.3 Å². The minimum absolute atomic E-state index is 0.129. The number of nitro benzene ring substituents is 1. The molecular formula is C13H13N3O2. The van der Waals surface area contributed by atoms with E-state index in [0.29, 0.717) is 5.39 Å². The van der Waals surface area contributed by atoms with Crippen molar-refractivity contribution in [3.05, 3.63) is 40.7 Å². The molecule has 1 aliphatic rings. The second-order valence-electron chi connectivity index (χ2n) is 4.63. The molecule has 18 heavy (non-hydrogen) atoms. The molecule has 0 saturated heterocycles. The summed E-state index contributed by atoms with van der Waals surface area (Å²) in [7, 11) is 0. The quantitative estimate of drug-likeness (QED) is 0.662. The van der Waals surface area contributed by atoms with Crippen molar-refractivity contribution in [3.8, 4) is 0 Å². The fourth-order valence-corrected chi connectivity index (χ4v) is 2.06. The maximum atomic E-state index is 11.0. The lowest BCUT2D eigenvalue weighted by atomic mass is 10.1. The van der Waals surface area contributed by atoms with E-state index in [0.717, 1.165) is 23.5 Å². The van der Waals surface area contributed by atoms with Crippen LogP contribution in [0, 0.1) is 16.0 Å². The molecule has 0 unspecified atom stereocenters. The van der Waals surface area contributed by atoms with Crippen molar-refractivity contribution in [2.45, 2.75) is 12.8 Å². The van der Waals surface area contributed by atoms with Crippen molar-refractivity contribution in [1.82, 2.24) is 4.98 Å². The average molecular weight is 243 g/mol. The van der Waals surface area contributed by atoms with Crippen LogP contribution in [-0.4, -0.2) is 16.5 Å². The summed E-state index contributed by atoms with van der Waals surface area (Å²) < 4.78 is 0. The SMILES string of the molecule is O=[N+]([O-])c1ccc(NCC2CC2)c2cnccc12. The van der Waals surface area contributed by atoms with Crippen LogP contribution in [-0.2, 0) is 0 Å². The number of nitrogens with one attached hydrogen (secondary N) is 1. The number of anilines is 1. The zero-order valence-electron chi connectivity index (χ0n) is 9.80. The van der Waals surface area contributed by atoms with Gasteiger partial charge in [-0.25, -0.2) is 0 Å². The van der Waals surface area contributed by atoms with Crippen LogP contribution in [0.3, 0.4) is 0 Å². The zero-order valence-corrected chi connectivity index (χ0v) is 9.80. The fraction of sp³-hybridized carbons (Fsp3) is 0.308. The van der Waals surface area contributed by atoms with Gasteiger partial charge in [0, 0.05) is 36.1 Å². The number of nitro groups is 1. The first kappa shape index (κ1) is 11.0. The number of rotatable bonds is 4. The number of non-ortho nitro benzene ring substituents is 1. The number of hydrogen-bond acceptors (Lipinski definition) is 4. The average Bonchev–Trinajstić information content (AvgIpc) is 3.19. The van der Waals surface area contributed by atoms with Crippen LogP contribution in [0.25, 0.3) is 10.8 Å². The molecule has 5 nitrogen and oxygen atoms in total. The number of fused-ring (bicyclic) bond motifs is 1. The molecule has 0 aliphatic heterocycles. The summed E-state index contributed by atoms with van der Waals surface area (Å²) in [4.78, 5) is 14.7. The third-order valence-corrected chi connectivity index (χ3v) is 3.27. The van der Waals surface area contributed by atoms with Crippen molar-refractivity contribution in [2.75, 3.05) is 11.9 Å². The number of nitrogens with zero attached hydrogens (tertiary/aromatic N) is 2. The number of pyridine rings is 1. The fourth-order valence-electron chi connectivity index (χ4n) is 2.06. The van der Waals surface area contributed by atoms with Crippen molar-refractivity contribution in [2.24, 2.45) is 5.92 Å². The maximum Gasteiger partial charge on any atom is 0.277 e.